The minimum absolute atomic E-state index is 0. The summed E-state index contributed by atoms with van der Waals surface area (Å²) in [6, 6.07) is 0. The number of ketones is 2. The molecule has 0 unspecified atom stereocenters. The lowest BCUT2D eigenvalue weighted by molar-refractivity contribution is -0.137. The van der Waals surface area contributed by atoms with Crippen molar-refractivity contribution >= 4 is 34.6 Å². The van der Waals surface area contributed by atoms with Crippen molar-refractivity contribution in [2.45, 2.75) is 25.7 Å². The van der Waals surface area contributed by atoms with Gasteiger partial charge in [0.25, 0.3) is 0 Å². The van der Waals surface area contributed by atoms with Gasteiger partial charge in [-0.25, -0.2) is 0 Å². The van der Waals surface area contributed by atoms with Crippen LogP contribution in [0, 0.1) is 0 Å². The van der Waals surface area contributed by atoms with E-state index in [0.29, 0.717) is 12.8 Å². The maximum atomic E-state index is 10.4. The standard InChI is InChI=1S/C6H8O2.Mg.2H/c7-5-3-1-2-4-6(5)8;;;/h1-4H2;;;. The predicted molar refractivity (Wildman–Crippen MR) is 37.0 cm³/mol. The number of carbonyl (C=O) groups excluding carboxylic acids is 2. The Morgan fingerprint density at radius 1 is 0.889 bits per heavy atom. The number of Topliss-reactive ketones (excluding diaryl/α,β-unsaturated/α-hetero) is 2. The first-order chi connectivity index (χ1) is 3.80. The van der Waals surface area contributed by atoms with Gasteiger partial charge in [0.2, 0.25) is 0 Å². The summed E-state index contributed by atoms with van der Waals surface area (Å²) in [6.07, 6.45) is 2.78. The normalized spacial score (nSPS) is 19.1. The third kappa shape index (κ3) is 2.45. The van der Waals surface area contributed by atoms with Crippen molar-refractivity contribution in [2.24, 2.45) is 0 Å². The average molecular weight is 138 g/mol. The molecule has 1 aliphatic carbocycles. The van der Waals surface area contributed by atoms with Gasteiger partial charge in [-0.05, 0) is 12.8 Å². The first kappa shape index (κ1) is 9.11. The molecule has 48 valence electrons. The summed E-state index contributed by atoms with van der Waals surface area (Å²) in [5, 5.41) is 0. The monoisotopic (exact) mass is 138 g/mol. The number of hydrogen-bond donors (Lipinski definition) is 0. The Hall–Kier alpha value is 0.106. The van der Waals surface area contributed by atoms with Crippen molar-refractivity contribution in [2.75, 3.05) is 0 Å². The second-order valence-corrected chi connectivity index (χ2v) is 2.05. The molecule has 0 N–H and O–H groups in total. The zero-order valence-electron chi connectivity index (χ0n) is 4.64. The molecule has 0 aromatic rings. The summed E-state index contributed by atoms with van der Waals surface area (Å²) < 4.78 is 0. The van der Waals surface area contributed by atoms with Crippen molar-refractivity contribution < 1.29 is 9.59 Å². The van der Waals surface area contributed by atoms with Crippen molar-refractivity contribution in [3.05, 3.63) is 0 Å². The lowest BCUT2D eigenvalue weighted by Crippen LogP contribution is -2.17. The first-order valence-corrected chi connectivity index (χ1v) is 2.87. The van der Waals surface area contributed by atoms with E-state index in [0.717, 1.165) is 12.8 Å². The van der Waals surface area contributed by atoms with Gasteiger partial charge >= 0.3 is 23.1 Å². The van der Waals surface area contributed by atoms with Crippen LogP contribution in [0.1, 0.15) is 25.7 Å². The number of rotatable bonds is 0. The molecule has 0 heterocycles. The van der Waals surface area contributed by atoms with Gasteiger partial charge in [-0.2, -0.15) is 0 Å². The molecule has 9 heavy (non-hydrogen) atoms. The molecular weight excluding hydrogens is 128 g/mol. The zero-order valence-corrected chi connectivity index (χ0v) is 4.64. The molecule has 0 atom stereocenters. The van der Waals surface area contributed by atoms with Crippen molar-refractivity contribution in [3.8, 4) is 0 Å². The number of hydrogen-bond acceptors (Lipinski definition) is 2. The molecule has 0 aliphatic heterocycles. The van der Waals surface area contributed by atoms with Gasteiger partial charge in [-0.3, -0.25) is 9.59 Å². The highest BCUT2D eigenvalue weighted by molar-refractivity contribution is 6.37. The highest BCUT2D eigenvalue weighted by Gasteiger charge is 2.16. The SMILES string of the molecule is O=C1CCCCC1=O.[MgH2]. The largest absolute Gasteiger partial charge is 0.316 e. The van der Waals surface area contributed by atoms with E-state index in [1.165, 1.54) is 0 Å². The summed E-state index contributed by atoms with van der Waals surface area (Å²) >= 11 is 0. The molecular formula is C6H10MgO2. The fourth-order valence-electron chi connectivity index (χ4n) is 0.850. The number of carbonyl (C=O) groups is 2. The van der Waals surface area contributed by atoms with Gasteiger partial charge in [0.1, 0.15) is 0 Å². The van der Waals surface area contributed by atoms with E-state index in [9.17, 15) is 9.59 Å². The molecule has 1 fully saturated rings. The summed E-state index contributed by atoms with van der Waals surface area (Å²) in [4.78, 5) is 20.9. The molecule has 0 aromatic carbocycles. The van der Waals surface area contributed by atoms with E-state index < -0.39 is 0 Å². The highest BCUT2D eigenvalue weighted by Crippen LogP contribution is 2.09. The van der Waals surface area contributed by atoms with Crippen molar-refractivity contribution in [3.63, 3.8) is 0 Å². The third-order valence-electron chi connectivity index (χ3n) is 1.37. The summed E-state index contributed by atoms with van der Waals surface area (Å²) in [5.41, 5.74) is 0. The minimum Gasteiger partial charge on any atom is -0.291 e. The third-order valence-corrected chi connectivity index (χ3v) is 1.37. The molecule has 0 saturated heterocycles. The Bertz CT molecular complexity index is 115. The van der Waals surface area contributed by atoms with Crippen LogP contribution in [0.2, 0.25) is 0 Å². The summed E-state index contributed by atoms with van der Waals surface area (Å²) in [6.45, 7) is 0. The van der Waals surface area contributed by atoms with Crippen LogP contribution in [-0.4, -0.2) is 34.6 Å². The fraction of sp³-hybridized carbons (Fsp3) is 0.667. The van der Waals surface area contributed by atoms with Crippen LogP contribution < -0.4 is 0 Å². The van der Waals surface area contributed by atoms with Crippen molar-refractivity contribution in [1.29, 1.82) is 0 Å². The van der Waals surface area contributed by atoms with E-state index in [4.69, 9.17) is 0 Å². The molecule has 0 radical (unpaired) electrons. The second-order valence-electron chi connectivity index (χ2n) is 2.05. The van der Waals surface area contributed by atoms with E-state index in [-0.39, 0.29) is 34.6 Å². The van der Waals surface area contributed by atoms with Crippen LogP contribution in [0.4, 0.5) is 0 Å². The van der Waals surface area contributed by atoms with Gasteiger partial charge in [-0.1, -0.05) is 0 Å². The Labute approximate surface area is 70.2 Å². The van der Waals surface area contributed by atoms with Crippen LogP contribution >= 0.6 is 0 Å². The molecule has 1 aliphatic rings. The Kier molecular flexibility index (Phi) is 4.06. The van der Waals surface area contributed by atoms with Gasteiger partial charge in [0, 0.05) is 12.8 Å². The Morgan fingerprint density at radius 3 is 1.44 bits per heavy atom. The molecule has 0 spiro atoms. The molecule has 3 heteroatoms. The predicted octanol–water partition coefficient (Wildman–Crippen LogP) is -0.218. The van der Waals surface area contributed by atoms with Crippen molar-refractivity contribution in [1.82, 2.24) is 0 Å². The van der Waals surface area contributed by atoms with Crippen LogP contribution in [0.5, 0.6) is 0 Å². The lowest BCUT2D eigenvalue weighted by atomic mass is 9.98. The maximum absolute atomic E-state index is 10.4. The molecule has 2 nitrogen and oxygen atoms in total. The molecule has 0 amide bonds. The topological polar surface area (TPSA) is 34.1 Å². The summed E-state index contributed by atoms with van der Waals surface area (Å²) in [7, 11) is 0. The van der Waals surface area contributed by atoms with E-state index >= 15 is 0 Å². The van der Waals surface area contributed by atoms with Gasteiger partial charge in [0.15, 0.2) is 11.6 Å². The molecule has 0 bridgehead atoms. The van der Waals surface area contributed by atoms with Gasteiger partial charge < -0.3 is 0 Å². The lowest BCUT2D eigenvalue weighted by Gasteiger charge is -2.04. The first-order valence-electron chi connectivity index (χ1n) is 2.87. The summed E-state index contributed by atoms with van der Waals surface area (Å²) in [5.74, 6) is -0.340. The Morgan fingerprint density at radius 2 is 1.22 bits per heavy atom. The van der Waals surface area contributed by atoms with Gasteiger partial charge in [0.05, 0.1) is 0 Å². The zero-order chi connectivity index (χ0) is 5.98. The maximum Gasteiger partial charge on any atom is 0.316 e. The van der Waals surface area contributed by atoms with Crippen LogP contribution in [-0.2, 0) is 9.59 Å². The van der Waals surface area contributed by atoms with Crippen LogP contribution in [0.3, 0.4) is 0 Å². The highest BCUT2D eigenvalue weighted by atomic mass is 24.3. The smallest absolute Gasteiger partial charge is 0.291 e. The molecule has 1 saturated carbocycles. The van der Waals surface area contributed by atoms with E-state index in [2.05, 4.69) is 0 Å². The fourth-order valence-corrected chi connectivity index (χ4v) is 0.850. The minimum atomic E-state index is -0.170. The molecule has 0 aromatic heterocycles. The van der Waals surface area contributed by atoms with Crippen LogP contribution in [0.25, 0.3) is 0 Å². The Balaban J connectivity index is 0.000000640. The van der Waals surface area contributed by atoms with E-state index in [1.807, 2.05) is 0 Å². The average Bonchev–Trinajstić information content (AvgIpc) is 1.77. The van der Waals surface area contributed by atoms with E-state index in [1.54, 1.807) is 0 Å². The molecule has 1 rings (SSSR count). The van der Waals surface area contributed by atoms with Crippen LogP contribution in [0.15, 0.2) is 0 Å². The second kappa shape index (κ2) is 4.01. The van der Waals surface area contributed by atoms with Gasteiger partial charge in [-0.15, -0.1) is 0 Å². The quantitative estimate of drug-likeness (QED) is 0.343.